The third-order valence-corrected chi connectivity index (χ3v) is 5.58. The molecule has 1 amide bonds. The summed E-state index contributed by atoms with van der Waals surface area (Å²) < 4.78 is 1.85. The van der Waals surface area contributed by atoms with E-state index in [1.807, 2.05) is 33.8 Å². The van der Waals surface area contributed by atoms with Crippen molar-refractivity contribution in [2.75, 3.05) is 31.1 Å². The van der Waals surface area contributed by atoms with Crippen LogP contribution in [0.15, 0.2) is 36.5 Å². The van der Waals surface area contributed by atoms with Gasteiger partial charge in [0.15, 0.2) is 11.5 Å². The molecule has 0 spiro atoms. The molecule has 1 saturated heterocycles. The molecule has 0 N–H and O–H groups in total. The quantitative estimate of drug-likeness (QED) is 0.696. The third kappa shape index (κ3) is 3.02. The summed E-state index contributed by atoms with van der Waals surface area (Å²) in [7, 11) is 0. The molecule has 0 unspecified atom stereocenters. The fourth-order valence-electron chi connectivity index (χ4n) is 3.54. The SMILES string of the molecule is O=C(c1ccccc1Cl)N1CCN(c2cnn3c(C4CC4)nnc3c2)CC1. The number of hydrogen-bond acceptors (Lipinski definition) is 5. The zero-order chi connectivity index (χ0) is 18.4. The molecule has 0 radical (unpaired) electrons. The number of nitrogens with zero attached hydrogens (tertiary/aromatic N) is 6. The summed E-state index contributed by atoms with van der Waals surface area (Å²) in [6, 6.07) is 9.22. The van der Waals surface area contributed by atoms with Gasteiger partial charge in [0.05, 0.1) is 22.5 Å². The minimum Gasteiger partial charge on any atom is -0.367 e. The molecule has 5 rings (SSSR count). The zero-order valence-electron chi connectivity index (χ0n) is 14.8. The number of piperazine rings is 1. The van der Waals surface area contributed by atoms with Crippen LogP contribution in [0.5, 0.6) is 0 Å². The van der Waals surface area contributed by atoms with E-state index < -0.39 is 0 Å². The highest BCUT2D eigenvalue weighted by Crippen LogP contribution is 2.38. The maximum atomic E-state index is 12.7. The van der Waals surface area contributed by atoms with E-state index in [4.69, 9.17) is 11.6 Å². The first-order chi connectivity index (χ1) is 13.2. The van der Waals surface area contributed by atoms with E-state index in [1.165, 1.54) is 12.8 Å². The molecule has 2 fully saturated rings. The molecular weight excluding hydrogens is 364 g/mol. The summed E-state index contributed by atoms with van der Waals surface area (Å²) in [5, 5.41) is 13.6. The highest BCUT2D eigenvalue weighted by molar-refractivity contribution is 6.33. The van der Waals surface area contributed by atoms with Crippen molar-refractivity contribution < 1.29 is 4.79 Å². The second-order valence-corrected chi connectivity index (χ2v) is 7.48. The zero-order valence-corrected chi connectivity index (χ0v) is 15.5. The van der Waals surface area contributed by atoms with E-state index in [1.54, 1.807) is 12.1 Å². The summed E-state index contributed by atoms with van der Waals surface area (Å²) in [6.45, 7) is 2.79. The van der Waals surface area contributed by atoms with Gasteiger partial charge in [-0.3, -0.25) is 4.79 Å². The minimum atomic E-state index is -0.0136. The van der Waals surface area contributed by atoms with Gasteiger partial charge in [0, 0.05) is 38.2 Å². The summed E-state index contributed by atoms with van der Waals surface area (Å²) in [5.41, 5.74) is 2.36. The summed E-state index contributed by atoms with van der Waals surface area (Å²) >= 11 is 6.17. The Bertz CT molecular complexity index is 1010. The van der Waals surface area contributed by atoms with Gasteiger partial charge in [-0.25, -0.2) is 0 Å². The molecule has 7 nitrogen and oxygen atoms in total. The molecule has 1 aliphatic heterocycles. The van der Waals surface area contributed by atoms with Crippen LogP contribution in [-0.4, -0.2) is 56.8 Å². The van der Waals surface area contributed by atoms with E-state index in [2.05, 4.69) is 20.2 Å². The first-order valence-electron chi connectivity index (χ1n) is 9.21. The predicted molar refractivity (Wildman–Crippen MR) is 102 cm³/mol. The normalized spacial score (nSPS) is 17.5. The van der Waals surface area contributed by atoms with Crippen LogP contribution >= 0.6 is 11.6 Å². The number of fused-ring (bicyclic) bond motifs is 1. The maximum absolute atomic E-state index is 12.7. The molecule has 0 atom stereocenters. The van der Waals surface area contributed by atoms with Crippen LogP contribution in [0.2, 0.25) is 5.02 Å². The molecule has 138 valence electrons. The second-order valence-electron chi connectivity index (χ2n) is 7.08. The monoisotopic (exact) mass is 382 g/mol. The molecule has 1 aliphatic carbocycles. The van der Waals surface area contributed by atoms with Gasteiger partial charge >= 0.3 is 0 Å². The van der Waals surface area contributed by atoms with Crippen LogP contribution in [0, 0.1) is 0 Å². The van der Waals surface area contributed by atoms with Crippen molar-refractivity contribution in [1.29, 1.82) is 0 Å². The number of hydrogen-bond donors (Lipinski definition) is 0. The van der Waals surface area contributed by atoms with E-state index in [0.29, 0.717) is 29.6 Å². The first-order valence-corrected chi connectivity index (χ1v) is 9.58. The van der Waals surface area contributed by atoms with E-state index in [-0.39, 0.29) is 5.91 Å². The van der Waals surface area contributed by atoms with Crippen molar-refractivity contribution in [2.45, 2.75) is 18.8 Å². The number of aromatic nitrogens is 4. The Kier molecular flexibility index (Phi) is 3.97. The highest BCUT2D eigenvalue weighted by atomic mass is 35.5. The number of amides is 1. The number of benzene rings is 1. The molecule has 27 heavy (non-hydrogen) atoms. The van der Waals surface area contributed by atoms with Crippen molar-refractivity contribution in [3.8, 4) is 0 Å². The maximum Gasteiger partial charge on any atom is 0.255 e. The van der Waals surface area contributed by atoms with Crippen LogP contribution in [0.4, 0.5) is 5.69 Å². The summed E-state index contributed by atoms with van der Waals surface area (Å²) in [6.07, 6.45) is 4.21. The fraction of sp³-hybridized carbons (Fsp3) is 0.368. The third-order valence-electron chi connectivity index (χ3n) is 5.25. The lowest BCUT2D eigenvalue weighted by Crippen LogP contribution is -2.48. The first kappa shape index (κ1) is 16.5. The molecule has 8 heteroatoms. The van der Waals surface area contributed by atoms with Crippen LogP contribution in [0.3, 0.4) is 0 Å². The minimum absolute atomic E-state index is 0.0136. The summed E-state index contributed by atoms with van der Waals surface area (Å²) in [4.78, 5) is 16.8. The van der Waals surface area contributed by atoms with Crippen LogP contribution < -0.4 is 4.90 Å². The molecule has 3 heterocycles. The standard InChI is InChI=1S/C19H19ClN6O/c20-16-4-2-1-3-15(16)19(27)25-9-7-24(8-10-25)14-11-17-22-23-18(13-5-6-13)26(17)21-12-14/h1-4,11-13H,5-10H2. The highest BCUT2D eigenvalue weighted by Gasteiger charge is 2.29. The fourth-order valence-corrected chi connectivity index (χ4v) is 3.76. The van der Waals surface area contributed by atoms with Gasteiger partial charge in [-0.1, -0.05) is 23.7 Å². The Morgan fingerprint density at radius 2 is 1.85 bits per heavy atom. The van der Waals surface area contributed by atoms with Crippen LogP contribution in [-0.2, 0) is 0 Å². The number of carbonyl (C=O) groups excluding carboxylic acids is 1. The van der Waals surface area contributed by atoms with Gasteiger partial charge in [-0.05, 0) is 25.0 Å². The summed E-state index contributed by atoms with van der Waals surface area (Å²) in [5.74, 6) is 1.46. The smallest absolute Gasteiger partial charge is 0.255 e. The largest absolute Gasteiger partial charge is 0.367 e. The molecular formula is C19H19ClN6O. The lowest BCUT2D eigenvalue weighted by Gasteiger charge is -2.36. The Labute approximate surface area is 161 Å². The molecule has 3 aromatic rings. The molecule has 1 aromatic carbocycles. The Morgan fingerprint density at radius 1 is 1.07 bits per heavy atom. The lowest BCUT2D eigenvalue weighted by molar-refractivity contribution is 0.0747. The van der Waals surface area contributed by atoms with Gasteiger partial charge in [-0.15, -0.1) is 10.2 Å². The van der Waals surface area contributed by atoms with Crippen molar-refractivity contribution >= 4 is 28.8 Å². The average molecular weight is 383 g/mol. The molecule has 2 aliphatic rings. The van der Waals surface area contributed by atoms with Crippen molar-refractivity contribution in [3.63, 3.8) is 0 Å². The lowest BCUT2D eigenvalue weighted by atomic mass is 10.1. The topological polar surface area (TPSA) is 66.6 Å². The molecule has 1 saturated carbocycles. The Hall–Kier alpha value is -2.67. The van der Waals surface area contributed by atoms with Gasteiger partial charge in [0.1, 0.15) is 0 Å². The van der Waals surface area contributed by atoms with Crippen molar-refractivity contribution in [3.05, 3.63) is 52.9 Å². The van der Waals surface area contributed by atoms with Gasteiger partial charge in [-0.2, -0.15) is 9.61 Å². The number of halogens is 1. The Morgan fingerprint density at radius 3 is 2.59 bits per heavy atom. The van der Waals surface area contributed by atoms with E-state index in [9.17, 15) is 4.79 Å². The van der Waals surface area contributed by atoms with Crippen LogP contribution in [0.1, 0.15) is 34.9 Å². The number of anilines is 1. The average Bonchev–Trinajstić information content (AvgIpc) is 3.47. The van der Waals surface area contributed by atoms with E-state index >= 15 is 0 Å². The van der Waals surface area contributed by atoms with Crippen LogP contribution in [0.25, 0.3) is 5.65 Å². The van der Waals surface area contributed by atoms with Crippen molar-refractivity contribution in [2.24, 2.45) is 0 Å². The number of carbonyl (C=O) groups is 1. The predicted octanol–water partition coefficient (Wildman–Crippen LogP) is 2.62. The number of rotatable bonds is 3. The van der Waals surface area contributed by atoms with E-state index in [0.717, 1.165) is 30.2 Å². The van der Waals surface area contributed by atoms with Crippen molar-refractivity contribution in [1.82, 2.24) is 24.7 Å². The van der Waals surface area contributed by atoms with Gasteiger partial charge in [0.25, 0.3) is 5.91 Å². The van der Waals surface area contributed by atoms with Gasteiger partial charge < -0.3 is 9.80 Å². The van der Waals surface area contributed by atoms with Gasteiger partial charge in [0.2, 0.25) is 0 Å². The second kappa shape index (κ2) is 6.49. The molecule has 2 aromatic heterocycles. The molecule has 0 bridgehead atoms. The Balaban J connectivity index is 1.29.